The Bertz CT molecular complexity index is 2400. The van der Waals surface area contributed by atoms with Crippen LogP contribution in [0.3, 0.4) is 0 Å². The van der Waals surface area contributed by atoms with E-state index < -0.39 is 153 Å². The Morgan fingerprint density at radius 3 is 2.03 bits per heavy atom. The average molecular weight is 974 g/mol. The van der Waals surface area contributed by atoms with Crippen molar-refractivity contribution in [2.75, 3.05) is 39.9 Å². The fourth-order valence-corrected chi connectivity index (χ4v) is 8.73. The van der Waals surface area contributed by atoms with E-state index in [-0.39, 0.29) is 24.3 Å². The number of carbonyl (C=O) groups is 8. The highest BCUT2D eigenvalue weighted by Crippen LogP contribution is 2.27. The number of nitrogens with one attached hydrogen (secondary N) is 5. The number of methoxy groups -OCH3 is 1. The molecule has 3 fully saturated rings. The number of Topliss-reactive ketones (excluding diaryl/α,β-unsaturated/α-hetero) is 1. The first kappa shape index (κ1) is 52.4. The van der Waals surface area contributed by atoms with Crippen molar-refractivity contribution in [1.29, 1.82) is 0 Å². The third-order valence-electron chi connectivity index (χ3n) is 12.7. The normalized spacial score (nSPS) is 27.2. The summed E-state index contributed by atoms with van der Waals surface area (Å²) in [5.41, 5.74) is 2.20. The molecule has 3 saturated heterocycles. The summed E-state index contributed by atoms with van der Waals surface area (Å²) in [4.78, 5) is 113. The molecule has 3 aromatic carbocycles. The van der Waals surface area contributed by atoms with Crippen LogP contribution >= 0.6 is 0 Å². The SMILES string of the molecule is COc1ccc(-c2ccc(C(=O)NCC3CC(=O)CNC(=O)[C@@H]4[C@@H](O)[C@@H](C)CN4C(=O)[C@H](CO)NC(=O)[C@H]([C@H](O)Cc4ccc(O)cc4)NC(=O)[C@@H]4C[C@@H](O)CN4C(=O)[C@H]([C@@H](C)O)NC3=O)cc2)cc1. The number of ketones is 1. The predicted octanol–water partition coefficient (Wildman–Crippen LogP) is -2.90. The molecule has 1 unspecified atom stereocenters. The number of phenolic OH excluding ortho intramolecular Hbond substituents is 1. The summed E-state index contributed by atoms with van der Waals surface area (Å²) in [6.07, 6.45) is -7.63. The zero-order valence-corrected chi connectivity index (χ0v) is 38.7. The minimum atomic E-state index is -1.92. The molecule has 376 valence electrons. The van der Waals surface area contributed by atoms with Gasteiger partial charge in [-0.25, -0.2) is 0 Å². The molecule has 0 radical (unpaired) electrons. The van der Waals surface area contributed by atoms with Gasteiger partial charge in [0.25, 0.3) is 5.91 Å². The molecule has 3 aliphatic heterocycles. The van der Waals surface area contributed by atoms with Crippen LogP contribution in [0.4, 0.5) is 0 Å². The lowest BCUT2D eigenvalue weighted by Gasteiger charge is -2.32. The van der Waals surface area contributed by atoms with Gasteiger partial charge in [0.15, 0.2) is 5.78 Å². The maximum atomic E-state index is 14.3. The van der Waals surface area contributed by atoms with E-state index in [4.69, 9.17) is 4.74 Å². The third-order valence-corrected chi connectivity index (χ3v) is 12.7. The number of aromatic hydroxyl groups is 1. The number of hydrogen-bond acceptors (Lipinski definition) is 15. The van der Waals surface area contributed by atoms with E-state index in [1.165, 1.54) is 38.1 Å². The number of ether oxygens (including phenoxy) is 1. The maximum absolute atomic E-state index is 14.3. The van der Waals surface area contributed by atoms with Gasteiger partial charge in [-0.05, 0) is 60.0 Å². The smallest absolute Gasteiger partial charge is 0.251 e. The Hall–Kier alpha value is -6.98. The van der Waals surface area contributed by atoms with E-state index in [0.29, 0.717) is 11.3 Å². The van der Waals surface area contributed by atoms with Gasteiger partial charge >= 0.3 is 0 Å². The van der Waals surface area contributed by atoms with Gasteiger partial charge in [0.2, 0.25) is 35.4 Å². The monoisotopic (exact) mass is 973 g/mol. The van der Waals surface area contributed by atoms with Gasteiger partial charge < -0.3 is 71.8 Å². The zero-order chi connectivity index (χ0) is 51.0. The molecule has 22 heteroatoms. The van der Waals surface area contributed by atoms with Crippen molar-refractivity contribution in [3.05, 3.63) is 83.9 Å². The Kier molecular flexibility index (Phi) is 17.3. The summed E-state index contributed by atoms with van der Waals surface area (Å²) in [7, 11) is 1.54. The first-order chi connectivity index (χ1) is 33.3. The molecule has 11 atom stereocenters. The predicted molar refractivity (Wildman–Crippen MR) is 246 cm³/mol. The van der Waals surface area contributed by atoms with Crippen molar-refractivity contribution in [2.24, 2.45) is 11.8 Å². The molecule has 7 amide bonds. The number of amides is 7. The Labute approximate surface area is 402 Å². The van der Waals surface area contributed by atoms with Gasteiger partial charge in [0.05, 0.1) is 50.6 Å². The number of rotatable bonds is 10. The molecule has 3 aromatic rings. The van der Waals surface area contributed by atoms with Gasteiger partial charge in [-0.2, -0.15) is 0 Å². The molecule has 6 rings (SSSR count). The molecular formula is C48H59N7O15. The molecule has 0 saturated carbocycles. The van der Waals surface area contributed by atoms with Crippen molar-refractivity contribution in [2.45, 2.75) is 87.7 Å². The topological polar surface area (TPSA) is 334 Å². The lowest BCUT2D eigenvalue weighted by molar-refractivity contribution is -0.146. The summed E-state index contributed by atoms with van der Waals surface area (Å²) in [5, 5.41) is 76.7. The summed E-state index contributed by atoms with van der Waals surface area (Å²) >= 11 is 0. The fraction of sp³-hybridized carbons (Fsp3) is 0.458. The third kappa shape index (κ3) is 12.4. The van der Waals surface area contributed by atoms with E-state index >= 15 is 0 Å². The van der Waals surface area contributed by atoms with Crippen LogP contribution in [-0.4, -0.2) is 182 Å². The van der Waals surface area contributed by atoms with Gasteiger partial charge in [-0.15, -0.1) is 0 Å². The van der Waals surface area contributed by atoms with Crippen LogP contribution < -0.4 is 31.3 Å². The molecule has 11 N–H and O–H groups in total. The quantitative estimate of drug-likeness (QED) is 0.0972. The second-order valence-electron chi connectivity index (χ2n) is 17.9. The largest absolute Gasteiger partial charge is 0.508 e. The van der Waals surface area contributed by atoms with Crippen LogP contribution in [0.5, 0.6) is 11.5 Å². The van der Waals surface area contributed by atoms with E-state index in [2.05, 4.69) is 26.6 Å². The number of hydrogen-bond donors (Lipinski definition) is 11. The standard InChI is InChI=1S/C48H59N7O15/c1-24-21-55-40(41(24)62)46(67)50-20-32(59)17-30(19-49-42(63)29-8-6-27(7-9-29)28-10-14-34(70-3)15-11-28)43(64)52-38(25(2)57)48(69)54-22-33(60)18-36(54)44(65)53-39(45(66)51-35(23-56)47(55)68)37(61)16-26-4-12-31(58)13-5-26/h4-15,24-25,30,33,35-41,56-58,60-62H,16-23H2,1-3H3,(H,49,63)(H,50,67)(H,51,66)(H,52,64)(H,53,65)/t24-,25+,30?,33+,35-,36-,37+,38-,39-,40-,41-/m0/s1. The van der Waals surface area contributed by atoms with Crippen LogP contribution in [0.15, 0.2) is 72.8 Å². The number of benzene rings is 3. The number of nitrogens with zero attached hydrogens (tertiary/aromatic N) is 2. The summed E-state index contributed by atoms with van der Waals surface area (Å²) in [6.45, 7) is -0.335. The highest BCUT2D eigenvalue weighted by atomic mass is 16.5. The molecule has 0 aromatic heterocycles. The second-order valence-corrected chi connectivity index (χ2v) is 17.9. The number of fused-ring (bicyclic) bond motifs is 2. The number of aliphatic hydroxyl groups is 5. The summed E-state index contributed by atoms with van der Waals surface area (Å²) < 4.78 is 5.21. The van der Waals surface area contributed by atoms with E-state index in [0.717, 1.165) is 20.9 Å². The average Bonchev–Trinajstić information content (AvgIpc) is 3.89. The fourth-order valence-electron chi connectivity index (χ4n) is 8.73. The van der Waals surface area contributed by atoms with Gasteiger partial charge in [0.1, 0.15) is 41.7 Å². The second kappa shape index (κ2) is 23.1. The van der Waals surface area contributed by atoms with Crippen molar-refractivity contribution in [3.8, 4) is 22.6 Å². The Morgan fingerprint density at radius 2 is 1.41 bits per heavy atom. The number of aliphatic hydroxyl groups excluding tert-OH is 5. The van der Waals surface area contributed by atoms with Gasteiger partial charge in [-0.3, -0.25) is 38.4 Å². The molecule has 22 nitrogen and oxygen atoms in total. The van der Waals surface area contributed by atoms with Gasteiger partial charge in [-0.1, -0.05) is 43.3 Å². The Balaban J connectivity index is 1.31. The highest BCUT2D eigenvalue weighted by molar-refractivity contribution is 5.99. The summed E-state index contributed by atoms with van der Waals surface area (Å²) in [5.74, 6) is -9.44. The van der Waals surface area contributed by atoms with E-state index in [1.807, 2.05) is 12.1 Å². The first-order valence-corrected chi connectivity index (χ1v) is 22.7. The van der Waals surface area contributed by atoms with Crippen molar-refractivity contribution in [3.63, 3.8) is 0 Å². The van der Waals surface area contributed by atoms with Crippen LogP contribution in [0, 0.1) is 11.8 Å². The van der Waals surface area contributed by atoms with E-state index in [1.54, 1.807) is 43.5 Å². The van der Waals surface area contributed by atoms with Crippen molar-refractivity contribution < 1.29 is 73.7 Å². The lowest BCUT2D eigenvalue weighted by atomic mass is 9.99. The minimum absolute atomic E-state index is 0.103. The molecule has 3 aliphatic rings. The van der Waals surface area contributed by atoms with Crippen molar-refractivity contribution >= 4 is 47.1 Å². The molecule has 0 aliphatic carbocycles. The lowest BCUT2D eigenvalue weighted by Crippen LogP contribution is -2.63. The molecule has 3 heterocycles. The number of carbonyl (C=O) groups excluding carboxylic acids is 8. The minimum Gasteiger partial charge on any atom is -0.508 e. The van der Waals surface area contributed by atoms with Crippen LogP contribution in [0.1, 0.15) is 42.6 Å². The molecule has 0 spiro atoms. The highest BCUT2D eigenvalue weighted by Gasteiger charge is 2.48. The number of phenols is 1. The zero-order valence-electron chi connectivity index (χ0n) is 38.7. The molecule has 70 heavy (non-hydrogen) atoms. The van der Waals surface area contributed by atoms with Crippen LogP contribution in [-0.2, 0) is 40.0 Å². The van der Waals surface area contributed by atoms with Crippen LogP contribution in [0.2, 0.25) is 0 Å². The molecular weight excluding hydrogens is 915 g/mol. The Morgan fingerprint density at radius 1 is 0.786 bits per heavy atom. The first-order valence-electron chi connectivity index (χ1n) is 22.7. The van der Waals surface area contributed by atoms with Crippen LogP contribution in [0.25, 0.3) is 11.1 Å². The van der Waals surface area contributed by atoms with Gasteiger partial charge in [0, 0.05) is 50.4 Å². The van der Waals surface area contributed by atoms with E-state index in [9.17, 15) is 69.0 Å². The molecule has 0 bridgehead atoms. The summed E-state index contributed by atoms with van der Waals surface area (Å²) in [6, 6.07) is 10.5. The maximum Gasteiger partial charge on any atom is 0.251 e. The van der Waals surface area contributed by atoms with Crippen molar-refractivity contribution in [1.82, 2.24) is 36.4 Å².